The number of hydroxylamine groups is 1. The fraction of sp³-hybridized carbons (Fsp3) is 0.357. The predicted molar refractivity (Wildman–Crippen MR) is 69.9 cm³/mol. The molecule has 1 aromatic carbocycles. The normalized spacial score (nSPS) is 9.11. The lowest BCUT2D eigenvalue weighted by Crippen LogP contribution is -2.18. The first kappa shape index (κ1) is 16.3. The van der Waals surface area contributed by atoms with Gasteiger partial charge in [-0.25, -0.2) is 9.87 Å². The molecule has 0 aliphatic rings. The zero-order valence-corrected chi connectivity index (χ0v) is 10.9. The molecule has 0 spiro atoms. The Balaban J connectivity index is 0.000000873. The number of halogens is 1. The van der Waals surface area contributed by atoms with Crippen LogP contribution in [0.4, 0.5) is 4.39 Å². The highest BCUT2D eigenvalue weighted by molar-refractivity contribution is 5.74. The van der Waals surface area contributed by atoms with E-state index in [0.29, 0.717) is 18.4 Å². The molecule has 0 aliphatic heterocycles. The summed E-state index contributed by atoms with van der Waals surface area (Å²) in [6, 6.07) is 4.90. The average Bonchev–Trinajstić information content (AvgIpc) is 2.34. The van der Waals surface area contributed by atoms with Crippen molar-refractivity contribution >= 4 is 5.91 Å². The molecule has 4 heteroatoms. The molecule has 0 heterocycles. The summed E-state index contributed by atoms with van der Waals surface area (Å²) in [7, 11) is 0. The summed E-state index contributed by atoms with van der Waals surface area (Å²) in [6.07, 6.45) is 3.36. The standard InChI is InChI=1S/C11H14FNO2.C3H6/c1-8-7-9(5-6-10(8)12)3-2-4-11(14)13-15;1-3-2/h5-7,15H,2-4H2,1H3,(H,13,14);3H,1H2,2H3. The second kappa shape index (κ2) is 9.36. The summed E-state index contributed by atoms with van der Waals surface area (Å²) < 4.78 is 12.9. The third-order valence-corrected chi connectivity index (χ3v) is 2.22. The fourth-order valence-corrected chi connectivity index (χ4v) is 1.37. The van der Waals surface area contributed by atoms with Gasteiger partial charge in [0.1, 0.15) is 5.82 Å². The minimum Gasteiger partial charge on any atom is -0.289 e. The van der Waals surface area contributed by atoms with E-state index in [1.54, 1.807) is 30.6 Å². The Morgan fingerprint density at radius 3 is 2.67 bits per heavy atom. The van der Waals surface area contributed by atoms with Crippen LogP contribution in [0.5, 0.6) is 0 Å². The number of allylic oxidation sites excluding steroid dienone is 1. The Labute approximate surface area is 107 Å². The van der Waals surface area contributed by atoms with Crippen LogP contribution < -0.4 is 5.48 Å². The van der Waals surface area contributed by atoms with Gasteiger partial charge in [-0.3, -0.25) is 10.0 Å². The monoisotopic (exact) mass is 253 g/mol. The molecule has 0 atom stereocenters. The van der Waals surface area contributed by atoms with Crippen molar-refractivity contribution in [3.8, 4) is 0 Å². The number of aryl methyl sites for hydroxylation is 2. The lowest BCUT2D eigenvalue weighted by molar-refractivity contribution is -0.129. The maximum absolute atomic E-state index is 12.9. The van der Waals surface area contributed by atoms with E-state index in [1.165, 1.54) is 6.07 Å². The van der Waals surface area contributed by atoms with Gasteiger partial charge in [0.05, 0.1) is 0 Å². The summed E-state index contributed by atoms with van der Waals surface area (Å²) in [6.45, 7) is 6.96. The highest BCUT2D eigenvalue weighted by Crippen LogP contribution is 2.11. The van der Waals surface area contributed by atoms with E-state index in [4.69, 9.17) is 5.21 Å². The molecule has 1 amide bonds. The Morgan fingerprint density at radius 1 is 1.56 bits per heavy atom. The van der Waals surface area contributed by atoms with Crippen LogP contribution in [0.25, 0.3) is 0 Å². The quantitative estimate of drug-likeness (QED) is 0.492. The maximum Gasteiger partial charge on any atom is 0.243 e. The van der Waals surface area contributed by atoms with Gasteiger partial charge in [-0.15, -0.1) is 6.58 Å². The highest BCUT2D eigenvalue weighted by atomic mass is 19.1. The molecule has 2 N–H and O–H groups in total. The number of nitrogens with one attached hydrogen (secondary N) is 1. The van der Waals surface area contributed by atoms with E-state index >= 15 is 0 Å². The number of hydrogen-bond donors (Lipinski definition) is 2. The van der Waals surface area contributed by atoms with Gasteiger partial charge in [0.15, 0.2) is 0 Å². The minimum absolute atomic E-state index is 0.216. The minimum atomic E-state index is -0.395. The maximum atomic E-state index is 12.9. The molecule has 1 aromatic rings. The van der Waals surface area contributed by atoms with Crippen molar-refractivity contribution in [2.24, 2.45) is 0 Å². The zero-order valence-electron chi connectivity index (χ0n) is 10.9. The van der Waals surface area contributed by atoms with Gasteiger partial charge >= 0.3 is 0 Å². The molecule has 0 unspecified atom stereocenters. The fourth-order valence-electron chi connectivity index (χ4n) is 1.37. The summed E-state index contributed by atoms with van der Waals surface area (Å²) in [5, 5.41) is 8.26. The smallest absolute Gasteiger partial charge is 0.243 e. The summed E-state index contributed by atoms with van der Waals surface area (Å²) in [4.78, 5) is 10.7. The van der Waals surface area contributed by atoms with Crippen molar-refractivity contribution in [2.75, 3.05) is 0 Å². The number of amides is 1. The van der Waals surface area contributed by atoms with Gasteiger partial charge in [0, 0.05) is 6.42 Å². The van der Waals surface area contributed by atoms with E-state index < -0.39 is 5.91 Å². The van der Waals surface area contributed by atoms with Crippen LogP contribution in [0.2, 0.25) is 0 Å². The zero-order chi connectivity index (χ0) is 14.0. The first-order chi connectivity index (χ1) is 8.54. The summed E-state index contributed by atoms with van der Waals surface area (Å²) in [5.41, 5.74) is 3.18. The molecular formula is C14H20FNO2. The van der Waals surface area contributed by atoms with Crippen molar-refractivity contribution < 1.29 is 14.4 Å². The van der Waals surface area contributed by atoms with E-state index in [1.807, 2.05) is 6.92 Å². The third-order valence-electron chi connectivity index (χ3n) is 2.22. The Morgan fingerprint density at radius 2 is 2.17 bits per heavy atom. The number of hydrogen-bond acceptors (Lipinski definition) is 2. The van der Waals surface area contributed by atoms with Crippen LogP contribution in [0, 0.1) is 12.7 Å². The van der Waals surface area contributed by atoms with Crippen molar-refractivity contribution in [2.45, 2.75) is 33.1 Å². The summed E-state index contributed by atoms with van der Waals surface area (Å²) in [5.74, 6) is -0.610. The van der Waals surface area contributed by atoms with Crippen molar-refractivity contribution in [1.82, 2.24) is 5.48 Å². The molecule has 0 aromatic heterocycles. The van der Waals surface area contributed by atoms with Crippen LogP contribution in [0.1, 0.15) is 30.9 Å². The van der Waals surface area contributed by atoms with Gasteiger partial charge in [-0.1, -0.05) is 18.2 Å². The molecule has 3 nitrogen and oxygen atoms in total. The highest BCUT2D eigenvalue weighted by Gasteiger charge is 2.01. The average molecular weight is 253 g/mol. The van der Waals surface area contributed by atoms with E-state index in [2.05, 4.69) is 6.58 Å². The molecule has 0 aliphatic carbocycles. The molecule has 0 saturated heterocycles. The van der Waals surface area contributed by atoms with Crippen LogP contribution in [0.15, 0.2) is 30.9 Å². The number of carbonyl (C=O) groups is 1. The van der Waals surface area contributed by atoms with Crippen LogP contribution in [-0.2, 0) is 11.2 Å². The SMILES string of the molecule is C=CC.Cc1cc(CCCC(=O)NO)ccc1F. The van der Waals surface area contributed by atoms with Crippen molar-refractivity contribution in [3.05, 3.63) is 47.8 Å². The molecule has 18 heavy (non-hydrogen) atoms. The van der Waals surface area contributed by atoms with Crippen LogP contribution in [-0.4, -0.2) is 11.1 Å². The van der Waals surface area contributed by atoms with E-state index in [-0.39, 0.29) is 12.2 Å². The van der Waals surface area contributed by atoms with Gasteiger partial charge in [0.25, 0.3) is 0 Å². The lowest BCUT2D eigenvalue weighted by atomic mass is 10.1. The lowest BCUT2D eigenvalue weighted by Gasteiger charge is -2.03. The molecule has 0 fully saturated rings. The first-order valence-corrected chi connectivity index (χ1v) is 5.80. The molecule has 1 rings (SSSR count). The largest absolute Gasteiger partial charge is 0.289 e. The number of carbonyl (C=O) groups excluding carboxylic acids is 1. The van der Waals surface area contributed by atoms with Crippen LogP contribution >= 0.6 is 0 Å². The van der Waals surface area contributed by atoms with E-state index in [9.17, 15) is 9.18 Å². The first-order valence-electron chi connectivity index (χ1n) is 5.80. The number of benzene rings is 1. The van der Waals surface area contributed by atoms with Gasteiger partial charge < -0.3 is 0 Å². The molecule has 0 radical (unpaired) electrons. The Hall–Kier alpha value is -1.68. The molecule has 0 bridgehead atoms. The molecule has 100 valence electrons. The van der Waals surface area contributed by atoms with E-state index in [0.717, 1.165) is 5.56 Å². The molecular weight excluding hydrogens is 233 g/mol. The van der Waals surface area contributed by atoms with Crippen molar-refractivity contribution in [3.63, 3.8) is 0 Å². The van der Waals surface area contributed by atoms with Gasteiger partial charge in [-0.05, 0) is 43.9 Å². The van der Waals surface area contributed by atoms with Crippen LogP contribution in [0.3, 0.4) is 0 Å². The predicted octanol–water partition coefficient (Wildman–Crippen LogP) is 3.15. The summed E-state index contributed by atoms with van der Waals surface area (Å²) >= 11 is 0. The second-order valence-corrected chi connectivity index (χ2v) is 3.88. The Kier molecular flexibility index (Phi) is 8.49. The van der Waals surface area contributed by atoms with Crippen molar-refractivity contribution in [1.29, 1.82) is 0 Å². The topological polar surface area (TPSA) is 49.3 Å². The Bertz CT molecular complexity index is 391. The third kappa shape index (κ3) is 6.81. The number of rotatable bonds is 4. The molecule has 0 saturated carbocycles. The van der Waals surface area contributed by atoms with Gasteiger partial charge in [0.2, 0.25) is 5.91 Å². The van der Waals surface area contributed by atoms with Gasteiger partial charge in [-0.2, -0.15) is 0 Å². The second-order valence-electron chi connectivity index (χ2n) is 3.88.